The second kappa shape index (κ2) is 9.35. The van der Waals surface area contributed by atoms with Gasteiger partial charge in [0, 0.05) is 6.42 Å². The molecule has 0 N–H and O–H groups in total. The van der Waals surface area contributed by atoms with Crippen LogP contribution in [0, 0.1) is 11.3 Å². The van der Waals surface area contributed by atoms with Crippen molar-refractivity contribution in [3.8, 4) is 0 Å². The fourth-order valence-electron chi connectivity index (χ4n) is 2.49. The van der Waals surface area contributed by atoms with Crippen LogP contribution in [0.5, 0.6) is 0 Å². The Morgan fingerprint density at radius 3 is 1.71 bits per heavy atom. The predicted octanol–water partition coefficient (Wildman–Crippen LogP) is 5.59. The molecule has 4 nitrogen and oxygen atoms in total. The van der Waals surface area contributed by atoms with E-state index in [9.17, 15) is 35.9 Å². The van der Waals surface area contributed by atoms with E-state index < -0.39 is 41.9 Å². The maximum atomic E-state index is 12.6. The molecule has 166 valence electrons. The SMILES string of the molecule is CCC(C(=O)OC(C(F)(F)F)C(F)(F)F)C(C)(C)OC(=O)CCC(C)(C)CC. The molecule has 0 aliphatic carbocycles. The standard InChI is InChI=1S/C18H28F6O4/c1-7-11(13(26)27-14(17(19,20)21)18(22,23)24)16(5,6)28-12(25)9-10-15(3,4)8-2/h11,14H,7-10H2,1-6H3. The molecule has 0 saturated heterocycles. The highest BCUT2D eigenvalue weighted by atomic mass is 19.4. The van der Waals surface area contributed by atoms with Crippen molar-refractivity contribution in [2.45, 2.75) is 91.3 Å². The molecular formula is C18H28F6O4. The van der Waals surface area contributed by atoms with E-state index in [-0.39, 0.29) is 18.3 Å². The van der Waals surface area contributed by atoms with Gasteiger partial charge in [-0.1, -0.05) is 34.1 Å². The van der Waals surface area contributed by atoms with Gasteiger partial charge in [-0.05, 0) is 32.1 Å². The molecule has 0 aromatic heterocycles. The van der Waals surface area contributed by atoms with E-state index in [1.54, 1.807) is 0 Å². The Morgan fingerprint density at radius 1 is 0.893 bits per heavy atom. The van der Waals surface area contributed by atoms with Crippen LogP contribution in [-0.4, -0.2) is 36.0 Å². The molecule has 0 aliphatic rings. The average molecular weight is 422 g/mol. The summed E-state index contributed by atoms with van der Waals surface area (Å²) >= 11 is 0. The monoisotopic (exact) mass is 422 g/mol. The summed E-state index contributed by atoms with van der Waals surface area (Å²) in [5.74, 6) is -3.92. The number of hydrogen-bond donors (Lipinski definition) is 0. The van der Waals surface area contributed by atoms with E-state index in [1.165, 1.54) is 20.8 Å². The van der Waals surface area contributed by atoms with E-state index in [1.807, 2.05) is 20.8 Å². The summed E-state index contributed by atoms with van der Waals surface area (Å²) in [5.41, 5.74) is -1.78. The van der Waals surface area contributed by atoms with Crippen molar-refractivity contribution in [3.63, 3.8) is 0 Å². The van der Waals surface area contributed by atoms with Crippen molar-refractivity contribution in [3.05, 3.63) is 0 Å². The summed E-state index contributed by atoms with van der Waals surface area (Å²) < 4.78 is 84.6. The Morgan fingerprint density at radius 2 is 1.36 bits per heavy atom. The molecule has 10 heteroatoms. The molecule has 0 spiro atoms. The fraction of sp³-hybridized carbons (Fsp3) is 0.889. The van der Waals surface area contributed by atoms with Crippen LogP contribution in [0.4, 0.5) is 26.3 Å². The number of ether oxygens (including phenoxy) is 2. The summed E-state index contributed by atoms with van der Waals surface area (Å²) in [5, 5.41) is 0. The van der Waals surface area contributed by atoms with Crippen LogP contribution in [0.25, 0.3) is 0 Å². The highest BCUT2D eigenvalue weighted by molar-refractivity contribution is 5.76. The van der Waals surface area contributed by atoms with Crippen molar-refractivity contribution < 1.29 is 45.4 Å². The quantitative estimate of drug-likeness (QED) is 0.359. The first-order chi connectivity index (χ1) is 12.4. The molecule has 0 radical (unpaired) electrons. The Hall–Kier alpha value is -1.48. The molecule has 1 atom stereocenters. The van der Waals surface area contributed by atoms with E-state index in [2.05, 4.69) is 4.74 Å². The zero-order valence-electron chi connectivity index (χ0n) is 16.9. The molecule has 0 heterocycles. The van der Waals surface area contributed by atoms with Crippen LogP contribution in [0.1, 0.15) is 67.2 Å². The third-order valence-corrected chi connectivity index (χ3v) is 4.70. The lowest BCUT2D eigenvalue weighted by molar-refractivity contribution is -0.315. The van der Waals surface area contributed by atoms with Gasteiger partial charge in [0.25, 0.3) is 6.10 Å². The van der Waals surface area contributed by atoms with Crippen LogP contribution in [0.2, 0.25) is 0 Å². The van der Waals surface area contributed by atoms with Crippen LogP contribution < -0.4 is 0 Å². The van der Waals surface area contributed by atoms with Gasteiger partial charge in [-0.3, -0.25) is 9.59 Å². The van der Waals surface area contributed by atoms with Gasteiger partial charge in [0.1, 0.15) is 5.60 Å². The van der Waals surface area contributed by atoms with Gasteiger partial charge in [0.2, 0.25) is 0 Å². The summed E-state index contributed by atoms with van der Waals surface area (Å²) in [4.78, 5) is 24.1. The van der Waals surface area contributed by atoms with Crippen molar-refractivity contribution >= 4 is 11.9 Å². The van der Waals surface area contributed by atoms with Crippen LogP contribution >= 0.6 is 0 Å². The fourth-order valence-corrected chi connectivity index (χ4v) is 2.49. The van der Waals surface area contributed by atoms with Crippen LogP contribution in [0.15, 0.2) is 0 Å². The van der Waals surface area contributed by atoms with Gasteiger partial charge in [-0.2, -0.15) is 26.3 Å². The highest BCUT2D eigenvalue weighted by Gasteiger charge is 2.60. The second-order valence-corrected chi connectivity index (χ2v) is 7.96. The van der Waals surface area contributed by atoms with Gasteiger partial charge in [-0.15, -0.1) is 0 Å². The van der Waals surface area contributed by atoms with E-state index in [0.717, 1.165) is 6.42 Å². The van der Waals surface area contributed by atoms with Gasteiger partial charge >= 0.3 is 24.3 Å². The van der Waals surface area contributed by atoms with Crippen molar-refractivity contribution in [2.75, 3.05) is 0 Å². The summed E-state index contributed by atoms with van der Waals surface area (Å²) in [6, 6.07) is 0. The molecule has 0 saturated carbocycles. The lowest BCUT2D eigenvalue weighted by Gasteiger charge is -2.34. The molecule has 0 bridgehead atoms. The number of alkyl halides is 6. The Kier molecular flexibility index (Phi) is 8.85. The number of rotatable bonds is 9. The highest BCUT2D eigenvalue weighted by Crippen LogP contribution is 2.37. The number of halogens is 6. The topological polar surface area (TPSA) is 52.6 Å². The Bertz CT molecular complexity index is 523. The first-order valence-corrected chi connectivity index (χ1v) is 8.93. The summed E-state index contributed by atoms with van der Waals surface area (Å²) in [6.45, 7) is 9.69. The predicted molar refractivity (Wildman–Crippen MR) is 89.2 cm³/mol. The van der Waals surface area contributed by atoms with E-state index >= 15 is 0 Å². The lowest BCUT2D eigenvalue weighted by atomic mass is 9.85. The maximum absolute atomic E-state index is 12.6. The molecule has 1 unspecified atom stereocenters. The zero-order chi connectivity index (χ0) is 22.6. The molecule has 0 aromatic rings. The third-order valence-electron chi connectivity index (χ3n) is 4.70. The molecule has 0 aliphatic heterocycles. The minimum Gasteiger partial charge on any atom is -0.459 e. The maximum Gasteiger partial charge on any atom is 0.434 e. The van der Waals surface area contributed by atoms with Crippen LogP contribution in [0.3, 0.4) is 0 Å². The molecular weight excluding hydrogens is 394 g/mol. The van der Waals surface area contributed by atoms with E-state index in [4.69, 9.17) is 4.74 Å². The zero-order valence-corrected chi connectivity index (χ0v) is 16.9. The van der Waals surface area contributed by atoms with Gasteiger partial charge in [0.15, 0.2) is 0 Å². The molecule has 0 rings (SSSR count). The largest absolute Gasteiger partial charge is 0.459 e. The number of carbonyl (C=O) groups is 2. The normalized spacial score (nSPS) is 14.8. The summed E-state index contributed by atoms with van der Waals surface area (Å²) in [7, 11) is 0. The molecule has 0 amide bonds. The first-order valence-electron chi connectivity index (χ1n) is 8.93. The van der Waals surface area contributed by atoms with Crippen molar-refractivity contribution in [1.82, 2.24) is 0 Å². The van der Waals surface area contributed by atoms with Crippen LogP contribution in [-0.2, 0) is 19.1 Å². The lowest BCUT2D eigenvalue weighted by Crippen LogP contribution is -2.49. The molecule has 0 fully saturated rings. The van der Waals surface area contributed by atoms with Crippen molar-refractivity contribution in [1.29, 1.82) is 0 Å². The first kappa shape index (κ1) is 26.5. The summed E-state index contributed by atoms with van der Waals surface area (Å²) in [6.07, 6.45) is -14.8. The number of hydrogen-bond acceptors (Lipinski definition) is 4. The second-order valence-electron chi connectivity index (χ2n) is 7.96. The van der Waals surface area contributed by atoms with Gasteiger partial charge in [0.05, 0.1) is 5.92 Å². The molecule has 0 aromatic carbocycles. The average Bonchev–Trinajstić information content (AvgIpc) is 2.48. The smallest absolute Gasteiger partial charge is 0.434 e. The minimum atomic E-state index is -5.81. The number of esters is 2. The Balaban J connectivity index is 5.24. The van der Waals surface area contributed by atoms with Gasteiger partial charge in [-0.25, -0.2) is 0 Å². The molecule has 28 heavy (non-hydrogen) atoms. The number of carbonyl (C=O) groups excluding carboxylic acids is 2. The Labute approximate surface area is 160 Å². The third kappa shape index (κ3) is 8.26. The minimum absolute atomic E-state index is 0.00345. The van der Waals surface area contributed by atoms with Gasteiger partial charge < -0.3 is 9.47 Å². The van der Waals surface area contributed by atoms with E-state index in [0.29, 0.717) is 6.42 Å². The van der Waals surface area contributed by atoms with Crippen molar-refractivity contribution in [2.24, 2.45) is 11.3 Å².